The van der Waals surface area contributed by atoms with E-state index in [0.29, 0.717) is 17.9 Å². The zero-order valence-corrected chi connectivity index (χ0v) is 12.1. The number of esters is 1. The molecule has 0 amide bonds. The van der Waals surface area contributed by atoms with Gasteiger partial charge in [-0.3, -0.25) is 0 Å². The van der Waals surface area contributed by atoms with Crippen LogP contribution in [0.1, 0.15) is 12.5 Å². The number of hydrogen-bond donors (Lipinski definition) is 0. The molecule has 0 aliphatic heterocycles. The summed E-state index contributed by atoms with van der Waals surface area (Å²) >= 11 is 3.32. The van der Waals surface area contributed by atoms with E-state index in [9.17, 15) is 9.70 Å². The first-order valence-corrected chi connectivity index (χ1v) is 6.50. The highest BCUT2D eigenvalue weighted by Crippen LogP contribution is 2.24. The van der Waals surface area contributed by atoms with E-state index >= 15 is 0 Å². The number of halogens is 1. The zero-order valence-electron chi connectivity index (χ0n) is 10.5. The van der Waals surface area contributed by atoms with Gasteiger partial charge in [0.1, 0.15) is 18.9 Å². The second kappa shape index (κ2) is 8.42. The molecule has 0 bridgehead atoms. The number of carbonyl (C=O) groups excluding carboxylic acids is 1. The molecule has 6 heteroatoms. The molecule has 102 valence electrons. The summed E-state index contributed by atoms with van der Waals surface area (Å²) in [5, 5.41) is 2.84. The van der Waals surface area contributed by atoms with Gasteiger partial charge >= 0.3 is 5.97 Å². The van der Waals surface area contributed by atoms with Crippen LogP contribution in [0, 0.1) is 4.91 Å². The highest BCUT2D eigenvalue weighted by Gasteiger charge is 2.04. The van der Waals surface area contributed by atoms with Crippen LogP contribution in [0.4, 0.5) is 0 Å². The maximum absolute atomic E-state index is 11.0. The summed E-state index contributed by atoms with van der Waals surface area (Å²) in [4.78, 5) is 21.4. The lowest BCUT2D eigenvalue weighted by atomic mass is 10.2. The maximum Gasteiger partial charge on any atom is 0.330 e. The van der Waals surface area contributed by atoms with E-state index in [1.54, 1.807) is 25.1 Å². The third-order valence-electron chi connectivity index (χ3n) is 2.14. The van der Waals surface area contributed by atoms with Crippen molar-refractivity contribution in [2.45, 2.75) is 13.5 Å². The minimum absolute atomic E-state index is 0.0458. The average molecular weight is 328 g/mol. The third-order valence-corrected chi connectivity index (χ3v) is 2.63. The van der Waals surface area contributed by atoms with Gasteiger partial charge in [-0.15, -0.1) is 0 Å². The van der Waals surface area contributed by atoms with Crippen molar-refractivity contribution in [1.29, 1.82) is 0 Å². The highest BCUT2D eigenvalue weighted by atomic mass is 79.9. The van der Waals surface area contributed by atoms with Crippen molar-refractivity contribution in [2.75, 3.05) is 13.2 Å². The van der Waals surface area contributed by atoms with E-state index in [4.69, 9.17) is 9.47 Å². The summed E-state index contributed by atoms with van der Waals surface area (Å²) in [5.41, 5.74) is 0.697. The fraction of sp³-hybridized carbons (Fsp3) is 0.308. The molecule has 19 heavy (non-hydrogen) atoms. The van der Waals surface area contributed by atoms with Crippen LogP contribution in [0.5, 0.6) is 5.75 Å². The number of carbonyl (C=O) groups is 1. The van der Waals surface area contributed by atoms with Crippen molar-refractivity contribution in [2.24, 2.45) is 5.18 Å². The summed E-state index contributed by atoms with van der Waals surface area (Å²) in [6.45, 7) is 2.33. The van der Waals surface area contributed by atoms with Gasteiger partial charge < -0.3 is 9.47 Å². The molecule has 1 rings (SSSR count). The van der Waals surface area contributed by atoms with Gasteiger partial charge in [0.15, 0.2) is 0 Å². The molecule has 0 unspecified atom stereocenters. The van der Waals surface area contributed by atoms with Crippen LogP contribution >= 0.6 is 15.9 Å². The Morgan fingerprint density at radius 3 is 2.95 bits per heavy atom. The van der Waals surface area contributed by atoms with Crippen LogP contribution in [-0.4, -0.2) is 19.2 Å². The van der Waals surface area contributed by atoms with E-state index in [1.165, 1.54) is 6.08 Å². The number of benzene rings is 1. The van der Waals surface area contributed by atoms with Gasteiger partial charge in [0.2, 0.25) is 0 Å². The van der Waals surface area contributed by atoms with Crippen molar-refractivity contribution in [3.8, 4) is 5.75 Å². The molecule has 0 spiro atoms. The molecular formula is C13H14BrNO4. The van der Waals surface area contributed by atoms with Crippen LogP contribution in [-0.2, 0) is 16.1 Å². The lowest BCUT2D eigenvalue weighted by Gasteiger charge is -2.08. The molecule has 0 aromatic heterocycles. The predicted molar refractivity (Wildman–Crippen MR) is 74.9 cm³/mol. The summed E-state index contributed by atoms with van der Waals surface area (Å²) < 4.78 is 11.0. The van der Waals surface area contributed by atoms with Crippen molar-refractivity contribution >= 4 is 21.9 Å². The Labute approximate surface area is 119 Å². The Bertz CT molecular complexity index is 474. The smallest absolute Gasteiger partial charge is 0.330 e. The average Bonchev–Trinajstić information content (AvgIpc) is 2.38. The van der Waals surface area contributed by atoms with Gasteiger partial charge in [-0.1, -0.05) is 27.2 Å². The van der Waals surface area contributed by atoms with Gasteiger partial charge in [-0.2, -0.15) is 4.91 Å². The monoisotopic (exact) mass is 327 g/mol. The van der Waals surface area contributed by atoms with E-state index in [0.717, 1.165) is 4.47 Å². The molecule has 0 radical (unpaired) electrons. The minimum atomic E-state index is -0.407. The Kier molecular flexibility index (Phi) is 6.81. The van der Waals surface area contributed by atoms with Crippen molar-refractivity contribution < 1.29 is 14.3 Å². The first-order valence-electron chi connectivity index (χ1n) is 5.71. The quantitative estimate of drug-likeness (QED) is 0.438. The Morgan fingerprint density at radius 2 is 2.26 bits per heavy atom. The summed E-state index contributed by atoms with van der Waals surface area (Å²) in [6.07, 6.45) is 2.86. The van der Waals surface area contributed by atoms with Gasteiger partial charge in [0.05, 0.1) is 6.61 Å². The SMILES string of the molecule is CCOC(=O)C=CCOc1cc(Br)ccc1CN=O. The van der Waals surface area contributed by atoms with Crippen molar-refractivity contribution in [3.63, 3.8) is 0 Å². The largest absolute Gasteiger partial charge is 0.489 e. The first kappa shape index (κ1) is 15.4. The van der Waals surface area contributed by atoms with E-state index in [-0.39, 0.29) is 13.2 Å². The lowest BCUT2D eigenvalue weighted by Crippen LogP contribution is -2.01. The lowest BCUT2D eigenvalue weighted by molar-refractivity contribution is -0.137. The second-order valence-electron chi connectivity index (χ2n) is 3.50. The summed E-state index contributed by atoms with van der Waals surface area (Å²) in [7, 11) is 0. The predicted octanol–water partition coefficient (Wildman–Crippen LogP) is 3.21. The topological polar surface area (TPSA) is 65.0 Å². The molecule has 0 fully saturated rings. The van der Waals surface area contributed by atoms with E-state index in [1.807, 2.05) is 6.07 Å². The molecule has 0 N–H and O–H groups in total. The van der Waals surface area contributed by atoms with Gasteiger partial charge in [-0.25, -0.2) is 4.79 Å². The second-order valence-corrected chi connectivity index (χ2v) is 4.42. The highest BCUT2D eigenvalue weighted by molar-refractivity contribution is 9.10. The Hall–Kier alpha value is -1.69. The van der Waals surface area contributed by atoms with Crippen LogP contribution in [0.3, 0.4) is 0 Å². The molecule has 1 aromatic carbocycles. The van der Waals surface area contributed by atoms with Crippen LogP contribution in [0.2, 0.25) is 0 Å². The van der Waals surface area contributed by atoms with Gasteiger partial charge in [0.25, 0.3) is 0 Å². The standard InChI is InChI=1S/C13H14BrNO4/c1-2-18-13(16)4-3-7-19-12-8-11(14)6-5-10(12)9-15-17/h3-6,8H,2,7,9H2,1H3. The molecule has 0 heterocycles. The number of ether oxygens (including phenoxy) is 2. The molecule has 0 saturated heterocycles. The normalized spacial score (nSPS) is 10.4. The molecule has 0 atom stereocenters. The van der Waals surface area contributed by atoms with Crippen LogP contribution in [0.15, 0.2) is 40.0 Å². The van der Waals surface area contributed by atoms with E-state index in [2.05, 4.69) is 21.1 Å². The number of nitroso groups, excluding NO2 is 1. The summed E-state index contributed by atoms with van der Waals surface area (Å²) in [6, 6.07) is 5.32. The molecular weight excluding hydrogens is 314 g/mol. The van der Waals surface area contributed by atoms with Crippen LogP contribution < -0.4 is 4.74 Å². The fourth-order valence-corrected chi connectivity index (χ4v) is 1.68. The molecule has 0 aliphatic rings. The van der Waals surface area contributed by atoms with Crippen molar-refractivity contribution in [3.05, 3.63) is 45.3 Å². The first-order chi connectivity index (χ1) is 9.17. The number of rotatable bonds is 7. The van der Waals surface area contributed by atoms with Crippen molar-refractivity contribution in [1.82, 2.24) is 0 Å². The van der Waals surface area contributed by atoms with Gasteiger partial charge in [0, 0.05) is 16.1 Å². The zero-order chi connectivity index (χ0) is 14.1. The molecule has 1 aromatic rings. The fourth-order valence-electron chi connectivity index (χ4n) is 1.34. The van der Waals surface area contributed by atoms with E-state index < -0.39 is 5.97 Å². The number of nitrogens with zero attached hydrogens (tertiary/aromatic N) is 1. The Morgan fingerprint density at radius 1 is 1.47 bits per heavy atom. The molecule has 0 saturated carbocycles. The Balaban J connectivity index is 2.59. The minimum Gasteiger partial charge on any atom is -0.489 e. The van der Waals surface area contributed by atoms with Gasteiger partial charge in [-0.05, 0) is 25.1 Å². The number of hydrogen-bond acceptors (Lipinski definition) is 5. The van der Waals surface area contributed by atoms with Crippen LogP contribution in [0.25, 0.3) is 0 Å². The molecule has 0 aliphatic carbocycles. The third kappa shape index (κ3) is 5.65. The maximum atomic E-state index is 11.0. The molecule has 5 nitrogen and oxygen atoms in total. The summed E-state index contributed by atoms with van der Waals surface area (Å²) in [5.74, 6) is 0.151.